The summed E-state index contributed by atoms with van der Waals surface area (Å²) < 4.78 is 15.9. The molecule has 0 bridgehead atoms. The summed E-state index contributed by atoms with van der Waals surface area (Å²) in [5, 5.41) is 10.9. The van der Waals surface area contributed by atoms with Crippen LogP contribution in [0.5, 0.6) is 0 Å². The van der Waals surface area contributed by atoms with E-state index in [1.54, 1.807) is 4.90 Å². The van der Waals surface area contributed by atoms with Crippen LogP contribution in [0, 0.1) is 0 Å². The van der Waals surface area contributed by atoms with Gasteiger partial charge in [0.25, 0.3) is 0 Å². The third-order valence-electron chi connectivity index (χ3n) is 11.8. The zero-order valence-corrected chi connectivity index (χ0v) is 40.5. The predicted octanol–water partition coefficient (Wildman–Crippen LogP) is 9.74. The van der Waals surface area contributed by atoms with Crippen LogP contribution in [0.2, 0.25) is 0 Å². The molecule has 6 aromatic carbocycles. The zero-order chi connectivity index (χ0) is 48.8. The average molecular weight is 992 g/mol. The van der Waals surface area contributed by atoms with Crippen LogP contribution in [0.25, 0.3) is 12.2 Å². The summed E-state index contributed by atoms with van der Waals surface area (Å²) >= 11 is 3.32. The third-order valence-corrected chi connectivity index (χ3v) is 12.2. The Labute approximate surface area is 414 Å². The van der Waals surface area contributed by atoms with Crippen molar-refractivity contribution in [1.29, 1.82) is 0 Å². The lowest BCUT2D eigenvalue weighted by Gasteiger charge is -2.28. The molecule has 4 atom stereocenters. The first-order valence-corrected chi connectivity index (χ1v) is 24.1. The molecule has 2 amide bonds. The zero-order valence-electron chi connectivity index (χ0n) is 38.9. The Morgan fingerprint density at radius 3 is 1.26 bits per heavy atom. The first-order chi connectivity index (χ1) is 33.7. The van der Waals surface area contributed by atoms with Gasteiger partial charge in [-0.25, -0.2) is 9.59 Å². The van der Waals surface area contributed by atoms with Gasteiger partial charge in [-0.1, -0.05) is 222 Å². The minimum absolute atomic E-state index is 0.126. The molecule has 0 radical (unpaired) electrons. The van der Waals surface area contributed by atoms with E-state index in [2.05, 4.69) is 40.2 Å². The molecule has 8 rings (SSSR count). The van der Waals surface area contributed by atoms with E-state index in [0.29, 0.717) is 19.6 Å². The fourth-order valence-electron chi connectivity index (χ4n) is 8.49. The van der Waals surface area contributed by atoms with Crippen molar-refractivity contribution in [2.45, 2.75) is 49.0 Å². The largest absolute Gasteiger partial charge is 0.467 e. The first kappa shape index (κ1) is 51.5. The predicted molar refractivity (Wildman–Crippen MR) is 274 cm³/mol. The first-order valence-electron chi connectivity index (χ1n) is 23.0. The molecule has 6 aromatic rings. The number of ether oxygens (including phenoxy) is 3. The standard InChI is InChI=1S/C29H29NO4.C20H21NO4.C9H9Br/c1-33-29(32)26-20-25(34-19-11-14-22-12-5-2-6-13-22)21-30(26)28(31)27(23-15-7-3-8-16-23)24-17-9-4-10-18-24;1-25-20(24)17-12-16(22)13-21(17)19(23)18(14-8-4-2-5-9-14)15-10-6-3-7-11-15;10-8-4-7-9-5-2-1-3-6-9/h2-18,25-27H,19-21H2,1H3;2-11,16-18,22H,12-13H2,1H3;1-7H,8H2/b14-11+;;7-4+/t25-,26+;16-,17+;/m11./s1. The van der Waals surface area contributed by atoms with Crippen molar-refractivity contribution in [3.05, 3.63) is 228 Å². The average Bonchev–Trinajstić information content (AvgIpc) is 4.03. The highest BCUT2D eigenvalue weighted by molar-refractivity contribution is 9.09. The minimum Gasteiger partial charge on any atom is -0.467 e. The molecule has 2 heterocycles. The Hall–Kier alpha value is -6.92. The van der Waals surface area contributed by atoms with Crippen LogP contribution in [-0.4, -0.2) is 102 Å². The summed E-state index contributed by atoms with van der Waals surface area (Å²) in [6, 6.07) is 57.1. The molecule has 2 aliphatic rings. The smallest absolute Gasteiger partial charge is 0.328 e. The van der Waals surface area contributed by atoms with Gasteiger partial charge in [0.1, 0.15) is 12.1 Å². The highest BCUT2D eigenvalue weighted by Gasteiger charge is 2.44. The molecule has 356 valence electrons. The topological polar surface area (TPSA) is 123 Å². The van der Waals surface area contributed by atoms with E-state index in [1.807, 2.05) is 182 Å². The number of likely N-dealkylation sites (tertiary alicyclic amines) is 2. The molecule has 0 unspecified atom stereocenters. The van der Waals surface area contributed by atoms with Crippen molar-refractivity contribution in [3.8, 4) is 0 Å². The number of aliphatic hydroxyl groups excluding tert-OH is 1. The van der Waals surface area contributed by atoms with Crippen LogP contribution in [0.1, 0.15) is 58.1 Å². The number of aliphatic hydroxyl groups is 1. The molecule has 0 spiro atoms. The molecule has 69 heavy (non-hydrogen) atoms. The summed E-state index contributed by atoms with van der Waals surface area (Å²) in [7, 11) is 2.65. The number of halogens is 1. The SMILES string of the molecule is BrC/C=C/c1ccccc1.COC(=O)[C@@H]1C[C@@H](O)CN1C(=O)C(c1ccccc1)c1ccccc1.COC(=O)[C@@H]1C[C@@H](OC/C=C/c2ccccc2)CN1C(=O)C(c1ccccc1)c1ccccc1. The molecule has 2 fully saturated rings. The third kappa shape index (κ3) is 14.8. The summed E-state index contributed by atoms with van der Waals surface area (Å²) in [5.74, 6) is -2.28. The van der Waals surface area contributed by atoms with Gasteiger partial charge in [-0.15, -0.1) is 0 Å². The van der Waals surface area contributed by atoms with E-state index >= 15 is 0 Å². The van der Waals surface area contributed by atoms with Crippen molar-refractivity contribution >= 4 is 51.8 Å². The van der Waals surface area contributed by atoms with Crippen LogP contribution in [0.4, 0.5) is 0 Å². The van der Waals surface area contributed by atoms with Crippen LogP contribution < -0.4 is 0 Å². The van der Waals surface area contributed by atoms with Gasteiger partial charge in [-0.05, 0) is 33.4 Å². The fourth-order valence-corrected chi connectivity index (χ4v) is 8.68. The lowest BCUT2D eigenvalue weighted by molar-refractivity contribution is -0.151. The molecule has 1 N–H and O–H groups in total. The van der Waals surface area contributed by atoms with Gasteiger partial charge < -0.3 is 29.1 Å². The molecule has 0 saturated carbocycles. The van der Waals surface area contributed by atoms with Crippen molar-refractivity contribution in [2.75, 3.05) is 39.2 Å². The van der Waals surface area contributed by atoms with Gasteiger partial charge >= 0.3 is 11.9 Å². The van der Waals surface area contributed by atoms with Gasteiger partial charge in [0, 0.05) is 31.3 Å². The van der Waals surface area contributed by atoms with E-state index in [0.717, 1.165) is 33.1 Å². The second-order valence-electron chi connectivity index (χ2n) is 16.4. The Morgan fingerprint density at radius 2 is 0.884 bits per heavy atom. The molecule has 2 saturated heterocycles. The maximum atomic E-state index is 13.9. The number of benzene rings is 6. The van der Waals surface area contributed by atoms with Crippen LogP contribution in [0.15, 0.2) is 194 Å². The minimum atomic E-state index is -0.748. The summed E-state index contributed by atoms with van der Waals surface area (Å²) in [6.07, 6.45) is 7.76. The highest BCUT2D eigenvalue weighted by atomic mass is 79.9. The molecule has 0 aliphatic carbocycles. The summed E-state index contributed by atoms with van der Waals surface area (Å²) in [6.45, 7) is 0.874. The van der Waals surface area contributed by atoms with Gasteiger partial charge in [0.2, 0.25) is 11.8 Å². The number of hydrogen-bond donors (Lipinski definition) is 1. The lowest BCUT2D eigenvalue weighted by Crippen LogP contribution is -2.43. The number of alkyl halides is 1. The second-order valence-corrected chi connectivity index (χ2v) is 17.1. The normalized spacial score (nSPS) is 17.5. The molecule has 0 aromatic heterocycles. The number of esters is 2. The second kappa shape index (κ2) is 27.2. The van der Waals surface area contributed by atoms with Gasteiger partial charge in [-0.3, -0.25) is 9.59 Å². The molecule has 11 heteroatoms. The molecule has 2 aliphatic heterocycles. The van der Waals surface area contributed by atoms with Crippen molar-refractivity contribution in [2.24, 2.45) is 0 Å². The number of β-amino-alcohol motifs (C(OH)–C–C–N with tert-alkyl or cyclic N) is 1. The van der Waals surface area contributed by atoms with Crippen molar-refractivity contribution in [3.63, 3.8) is 0 Å². The monoisotopic (exact) mass is 990 g/mol. The summed E-state index contributed by atoms with van der Waals surface area (Å²) in [5.41, 5.74) is 5.82. The van der Waals surface area contributed by atoms with E-state index in [1.165, 1.54) is 24.7 Å². The Balaban J connectivity index is 0.000000195. The summed E-state index contributed by atoms with van der Waals surface area (Å²) in [4.78, 5) is 54.9. The Bertz CT molecular complexity index is 2470. The van der Waals surface area contributed by atoms with Gasteiger partial charge in [0.05, 0.1) is 44.9 Å². The molecular formula is C58H59BrN2O8. The van der Waals surface area contributed by atoms with Crippen LogP contribution in [0.3, 0.4) is 0 Å². The maximum Gasteiger partial charge on any atom is 0.328 e. The number of nitrogens with zero attached hydrogens (tertiary/aromatic N) is 2. The highest BCUT2D eigenvalue weighted by Crippen LogP contribution is 2.33. The number of carbonyl (C=O) groups is 4. The van der Waals surface area contributed by atoms with Crippen LogP contribution >= 0.6 is 15.9 Å². The molecule has 10 nitrogen and oxygen atoms in total. The van der Waals surface area contributed by atoms with Gasteiger partial charge in [-0.2, -0.15) is 0 Å². The Morgan fingerprint density at radius 1 is 0.536 bits per heavy atom. The van der Waals surface area contributed by atoms with E-state index in [4.69, 9.17) is 14.2 Å². The Kier molecular flexibility index (Phi) is 20.3. The number of methoxy groups -OCH3 is 2. The number of rotatable bonds is 14. The fraction of sp³-hybridized carbons (Fsp3) is 0.241. The van der Waals surface area contributed by atoms with Gasteiger partial charge in [0.15, 0.2) is 0 Å². The number of hydrogen-bond acceptors (Lipinski definition) is 8. The van der Waals surface area contributed by atoms with E-state index < -0.39 is 42.0 Å². The maximum absolute atomic E-state index is 13.9. The van der Waals surface area contributed by atoms with E-state index in [-0.39, 0.29) is 30.9 Å². The quantitative estimate of drug-likeness (QED) is 0.0846. The van der Waals surface area contributed by atoms with E-state index in [9.17, 15) is 24.3 Å². The van der Waals surface area contributed by atoms with Crippen molar-refractivity contribution < 1.29 is 38.5 Å². The number of carbonyl (C=O) groups excluding carboxylic acids is 4. The van der Waals surface area contributed by atoms with Crippen molar-refractivity contribution in [1.82, 2.24) is 9.80 Å². The van der Waals surface area contributed by atoms with Crippen LogP contribution in [-0.2, 0) is 33.4 Å². The molecular weight excluding hydrogens is 933 g/mol. The number of amides is 2. The number of allylic oxidation sites excluding steroid dienone is 1. The lowest BCUT2D eigenvalue weighted by atomic mass is 9.90.